The SMILES string of the molecule is CCCC1(C)CCCN(C(=NC)NCC2CN(C)CCO2)C1.I. The van der Waals surface area contributed by atoms with Crippen LogP contribution >= 0.6 is 24.0 Å². The van der Waals surface area contributed by atoms with Crippen molar-refractivity contribution in [3.8, 4) is 0 Å². The summed E-state index contributed by atoms with van der Waals surface area (Å²) in [6.07, 6.45) is 5.43. The van der Waals surface area contributed by atoms with E-state index in [-0.39, 0.29) is 30.1 Å². The van der Waals surface area contributed by atoms with Gasteiger partial charge in [-0.1, -0.05) is 20.3 Å². The number of nitrogens with zero attached hydrogens (tertiary/aromatic N) is 3. The molecule has 2 aliphatic heterocycles. The molecule has 0 spiro atoms. The zero-order valence-electron chi connectivity index (χ0n) is 15.3. The second-order valence-corrected chi connectivity index (χ2v) is 7.27. The van der Waals surface area contributed by atoms with Gasteiger partial charge in [0, 0.05) is 39.8 Å². The summed E-state index contributed by atoms with van der Waals surface area (Å²) in [5, 5.41) is 3.53. The fraction of sp³-hybridized carbons (Fsp3) is 0.941. The van der Waals surface area contributed by atoms with Gasteiger partial charge in [-0.2, -0.15) is 0 Å². The van der Waals surface area contributed by atoms with E-state index in [0.717, 1.165) is 45.3 Å². The van der Waals surface area contributed by atoms with Crippen LogP contribution in [-0.2, 0) is 4.74 Å². The maximum atomic E-state index is 5.83. The van der Waals surface area contributed by atoms with E-state index >= 15 is 0 Å². The Bertz CT molecular complexity index is 376. The van der Waals surface area contributed by atoms with Gasteiger partial charge in [0.1, 0.15) is 0 Å². The molecular formula is C17H35IN4O. The van der Waals surface area contributed by atoms with Crippen molar-refractivity contribution >= 4 is 29.9 Å². The minimum absolute atomic E-state index is 0. The molecule has 0 aromatic heterocycles. The van der Waals surface area contributed by atoms with Crippen LogP contribution in [0.4, 0.5) is 0 Å². The molecule has 5 nitrogen and oxygen atoms in total. The van der Waals surface area contributed by atoms with Gasteiger partial charge in [-0.15, -0.1) is 24.0 Å². The van der Waals surface area contributed by atoms with Crippen LogP contribution in [-0.4, -0.2) is 75.3 Å². The lowest BCUT2D eigenvalue weighted by Gasteiger charge is -2.42. The summed E-state index contributed by atoms with van der Waals surface area (Å²) >= 11 is 0. The number of guanidine groups is 1. The first-order chi connectivity index (χ1) is 10.6. The van der Waals surface area contributed by atoms with Crippen LogP contribution < -0.4 is 5.32 Å². The molecule has 0 aliphatic carbocycles. The molecule has 136 valence electrons. The number of hydrogen-bond donors (Lipinski definition) is 1. The van der Waals surface area contributed by atoms with Crippen LogP contribution in [0.2, 0.25) is 0 Å². The molecule has 0 amide bonds. The van der Waals surface area contributed by atoms with Gasteiger partial charge >= 0.3 is 0 Å². The normalized spacial score (nSPS) is 30.0. The average molecular weight is 438 g/mol. The van der Waals surface area contributed by atoms with E-state index in [4.69, 9.17) is 4.74 Å². The number of likely N-dealkylation sites (N-methyl/N-ethyl adjacent to an activating group) is 1. The van der Waals surface area contributed by atoms with E-state index in [1.165, 1.54) is 25.7 Å². The van der Waals surface area contributed by atoms with E-state index in [1.807, 2.05) is 7.05 Å². The van der Waals surface area contributed by atoms with Crippen LogP contribution in [0.5, 0.6) is 0 Å². The molecule has 0 saturated carbocycles. The highest BCUT2D eigenvalue weighted by Crippen LogP contribution is 2.33. The van der Waals surface area contributed by atoms with Crippen LogP contribution in [0.1, 0.15) is 39.5 Å². The number of ether oxygens (including phenoxy) is 1. The molecule has 2 atom stereocenters. The molecule has 2 rings (SSSR count). The molecule has 2 unspecified atom stereocenters. The molecule has 2 aliphatic rings. The van der Waals surface area contributed by atoms with Crippen LogP contribution in [0.25, 0.3) is 0 Å². The number of likely N-dealkylation sites (tertiary alicyclic amines) is 1. The van der Waals surface area contributed by atoms with Crippen LogP contribution in [0, 0.1) is 5.41 Å². The average Bonchev–Trinajstić information content (AvgIpc) is 2.48. The zero-order chi connectivity index (χ0) is 16.0. The number of rotatable bonds is 4. The Balaban J connectivity index is 0.00000264. The second-order valence-electron chi connectivity index (χ2n) is 7.27. The lowest BCUT2D eigenvalue weighted by Crippen LogP contribution is -2.53. The van der Waals surface area contributed by atoms with E-state index in [1.54, 1.807) is 0 Å². The second kappa shape index (κ2) is 10.0. The molecule has 0 aromatic carbocycles. The summed E-state index contributed by atoms with van der Waals surface area (Å²) in [6, 6.07) is 0. The van der Waals surface area contributed by atoms with Crippen LogP contribution in [0.3, 0.4) is 0 Å². The molecule has 23 heavy (non-hydrogen) atoms. The van der Waals surface area contributed by atoms with Gasteiger partial charge in [-0.3, -0.25) is 4.99 Å². The highest BCUT2D eigenvalue weighted by atomic mass is 127. The van der Waals surface area contributed by atoms with Gasteiger partial charge in [-0.05, 0) is 31.7 Å². The minimum atomic E-state index is 0. The van der Waals surface area contributed by atoms with Gasteiger partial charge in [0.25, 0.3) is 0 Å². The quantitative estimate of drug-likeness (QED) is 0.416. The third kappa shape index (κ3) is 6.38. The van der Waals surface area contributed by atoms with Crippen molar-refractivity contribution < 1.29 is 4.74 Å². The Labute approximate surface area is 159 Å². The molecule has 2 heterocycles. The monoisotopic (exact) mass is 438 g/mol. The van der Waals surface area contributed by atoms with Crippen molar-refractivity contribution in [2.45, 2.75) is 45.6 Å². The number of nitrogens with one attached hydrogen (secondary N) is 1. The van der Waals surface area contributed by atoms with Crippen molar-refractivity contribution in [1.82, 2.24) is 15.1 Å². The van der Waals surface area contributed by atoms with E-state index in [2.05, 4.69) is 41.0 Å². The van der Waals surface area contributed by atoms with Crippen molar-refractivity contribution in [2.24, 2.45) is 10.4 Å². The van der Waals surface area contributed by atoms with Gasteiger partial charge in [0.05, 0.1) is 12.7 Å². The Morgan fingerprint density at radius 2 is 2.17 bits per heavy atom. The lowest BCUT2D eigenvalue weighted by molar-refractivity contribution is -0.0165. The van der Waals surface area contributed by atoms with Crippen molar-refractivity contribution in [2.75, 3.05) is 53.4 Å². The van der Waals surface area contributed by atoms with Gasteiger partial charge in [0.15, 0.2) is 5.96 Å². The number of hydrogen-bond acceptors (Lipinski definition) is 3. The van der Waals surface area contributed by atoms with Crippen LogP contribution in [0.15, 0.2) is 4.99 Å². The van der Waals surface area contributed by atoms with Gasteiger partial charge in [0.2, 0.25) is 0 Å². The first-order valence-corrected chi connectivity index (χ1v) is 8.82. The number of aliphatic imine (C=N–C) groups is 1. The molecule has 0 radical (unpaired) electrons. The predicted octanol–water partition coefficient (Wildman–Crippen LogP) is 2.41. The Morgan fingerprint density at radius 3 is 2.83 bits per heavy atom. The van der Waals surface area contributed by atoms with Gasteiger partial charge < -0.3 is 19.9 Å². The maximum Gasteiger partial charge on any atom is 0.193 e. The smallest absolute Gasteiger partial charge is 0.193 e. The Morgan fingerprint density at radius 1 is 1.39 bits per heavy atom. The summed E-state index contributed by atoms with van der Waals surface area (Å²) in [6.45, 7) is 10.7. The molecular weight excluding hydrogens is 403 g/mol. The molecule has 2 saturated heterocycles. The van der Waals surface area contributed by atoms with E-state index in [0.29, 0.717) is 5.41 Å². The summed E-state index contributed by atoms with van der Waals surface area (Å²) in [5.41, 5.74) is 0.437. The molecule has 2 fully saturated rings. The van der Waals surface area contributed by atoms with Crippen molar-refractivity contribution in [3.05, 3.63) is 0 Å². The predicted molar refractivity (Wildman–Crippen MR) is 108 cm³/mol. The van der Waals surface area contributed by atoms with Gasteiger partial charge in [-0.25, -0.2) is 0 Å². The number of halogens is 1. The highest BCUT2D eigenvalue weighted by Gasteiger charge is 2.31. The largest absolute Gasteiger partial charge is 0.374 e. The van der Waals surface area contributed by atoms with Crippen molar-refractivity contribution in [1.29, 1.82) is 0 Å². The van der Waals surface area contributed by atoms with E-state index < -0.39 is 0 Å². The lowest BCUT2D eigenvalue weighted by atomic mass is 9.78. The summed E-state index contributed by atoms with van der Waals surface area (Å²) in [7, 11) is 4.05. The molecule has 0 aromatic rings. The maximum absolute atomic E-state index is 5.83. The Hall–Kier alpha value is -0.0800. The topological polar surface area (TPSA) is 40.1 Å². The summed E-state index contributed by atoms with van der Waals surface area (Å²) in [5.74, 6) is 1.04. The first kappa shape index (κ1) is 21.0. The fourth-order valence-corrected chi connectivity index (χ4v) is 3.83. The minimum Gasteiger partial charge on any atom is -0.374 e. The fourth-order valence-electron chi connectivity index (χ4n) is 3.83. The Kier molecular flexibility index (Phi) is 9.15. The number of morpholine rings is 1. The third-order valence-corrected chi connectivity index (χ3v) is 4.98. The van der Waals surface area contributed by atoms with E-state index in [9.17, 15) is 0 Å². The summed E-state index contributed by atoms with van der Waals surface area (Å²) in [4.78, 5) is 9.27. The first-order valence-electron chi connectivity index (χ1n) is 8.82. The molecule has 0 bridgehead atoms. The summed E-state index contributed by atoms with van der Waals surface area (Å²) < 4.78 is 5.83. The number of piperidine rings is 1. The third-order valence-electron chi connectivity index (χ3n) is 4.98. The molecule has 1 N–H and O–H groups in total. The standard InChI is InChI=1S/C17H34N4O.HI/c1-5-7-17(2)8-6-9-21(14-17)16(18-3)19-12-15-13-20(4)10-11-22-15;/h15H,5-14H2,1-4H3,(H,18,19);1H. The zero-order valence-corrected chi connectivity index (χ0v) is 17.6. The molecule has 6 heteroatoms. The highest BCUT2D eigenvalue weighted by molar-refractivity contribution is 14.0. The van der Waals surface area contributed by atoms with Crippen molar-refractivity contribution in [3.63, 3.8) is 0 Å².